The first-order chi connectivity index (χ1) is 9.63. The summed E-state index contributed by atoms with van der Waals surface area (Å²) in [6.45, 7) is 0.344. The minimum absolute atomic E-state index is 0.170. The lowest BCUT2D eigenvalue weighted by molar-refractivity contribution is -0.133. The van der Waals surface area contributed by atoms with E-state index >= 15 is 0 Å². The number of hydrogen-bond acceptors (Lipinski definition) is 5. The van der Waals surface area contributed by atoms with Crippen molar-refractivity contribution in [3.8, 4) is 5.69 Å². The number of carboxylic acid groups (broad SMARTS) is 1. The summed E-state index contributed by atoms with van der Waals surface area (Å²) in [5.74, 6) is -1.14. The number of carboxylic acids is 1. The highest BCUT2D eigenvalue weighted by molar-refractivity contribution is 7.99. The molecule has 7 nitrogen and oxygen atoms in total. The van der Waals surface area contributed by atoms with Crippen molar-refractivity contribution in [2.45, 2.75) is 11.8 Å². The van der Waals surface area contributed by atoms with Gasteiger partial charge in [0.25, 0.3) is 0 Å². The number of nitrogens with one attached hydrogen (secondary N) is 1. The van der Waals surface area contributed by atoms with E-state index in [0.29, 0.717) is 17.5 Å². The molecule has 0 amide bonds. The normalized spacial score (nSPS) is 10.7. The molecule has 0 bridgehead atoms. The SMILES string of the molecule is COCc1ccccc1-n1c(SCC(=O)O)n[nH]c1=O. The van der Waals surface area contributed by atoms with E-state index in [9.17, 15) is 9.59 Å². The zero-order valence-electron chi connectivity index (χ0n) is 10.7. The van der Waals surface area contributed by atoms with Crippen LogP contribution in [0.3, 0.4) is 0 Å². The molecule has 0 saturated heterocycles. The van der Waals surface area contributed by atoms with E-state index in [0.717, 1.165) is 17.3 Å². The summed E-state index contributed by atoms with van der Waals surface area (Å²) in [5.41, 5.74) is 1.03. The predicted molar refractivity (Wildman–Crippen MR) is 73.3 cm³/mol. The summed E-state index contributed by atoms with van der Waals surface area (Å²) in [4.78, 5) is 22.5. The Morgan fingerprint density at radius 1 is 1.50 bits per heavy atom. The Labute approximate surface area is 118 Å². The first-order valence-electron chi connectivity index (χ1n) is 5.72. The third kappa shape index (κ3) is 3.09. The van der Waals surface area contributed by atoms with Crippen LogP contribution in [0.5, 0.6) is 0 Å². The third-order valence-corrected chi connectivity index (χ3v) is 3.42. The number of H-pyrrole nitrogens is 1. The third-order valence-electron chi connectivity index (χ3n) is 2.50. The molecule has 20 heavy (non-hydrogen) atoms. The van der Waals surface area contributed by atoms with Crippen LogP contribution in [0, 0.1) is 0 Å². The molecule has 0 unspecified atom stereocenters. The van der Waals surface area contributed by atoms with Crippen molar-refractivity contribution in [2.75, 3.05) is 12.9 Å². The summed E-state index contributed by atoms with van der Waals surface area (Å²) in [5, 5.41) is 15.2. The van der Waals surface area contributed by atoms with Crippen LogP contribution < -0.4 is 5.69 Å². The maximum absolute atomic E-state index is 11.9. The van der Waals surface area contributed by atoms with Crippen LogP contribution in [-0.2, 0) is 16.1 Å². The van der Waals surface area contributed by atoms with Gasteiger partial charge in [-0.05, 0) is 6.07 Å². The Balaban J connectivity index is 2.44. The van der Waals surface area contributed by atoms with Crippen molar-refractivity contribution in [2.24, 2.45) is 0 Å². The Bertz CT molecular complexity index is 665. The molecule has 0 spiro atoms. The molecular weight excluding hydrogens is 282 g/mol. The van der Waals surface area contributed by atoms with Crippen molar-refractivity contribution in [1.29, 1.82) is 0 Å². The van der Waals surface area contributed by atoms with Crippen LogP contribution in [0.2, 0.25) is 0 Å². The minimum Gasteiger partial charge on any atom is -0.481 e. The summed E-state index contributed by atoms with van der Waals surface area (Å²) in [7, 11) is 1.56. The number of para-hydroxylation sites is 1. The Hall–Kier alpha value is -2.06. The van der Waals surface area contributed by atoms with Crippen molar-refractivity contribution in [1.82, 2.24) is 14.8 Å². The molecule has 0 radical (unpaired) electrons. The summed E-state index contributed by atoms with van der Waals surface area (Å²) < 4.78 is 6.45. The first-order valence-corrected chi connectivity index (χ1v) is 6.71. The maximum atomic E-state index is 11.9. The van der Waals surface area contributed by atoms with Crippen LogP contribution in [0.25, 0.3) is 5.69 Å². The molecule has 2 rings (SSSR count). The van der Waals surface area contributed by atoms with Gasteiger partial charge >= 0.3 is 11.7 Å². The van der Waals surface area contributed by atoms with E-state index in [1.807, 2.05) is 12.1 Å². The van der Waals surface area contributed by atoms with Gasteiger partial charge in [0.15, 0.2) is 5.16 Å². The molecule has 0 fully saturated rings. The van der Waals surface area contributed by atoms with Gasteiger partial charge in [0, 0.05) is 12.7 Å². The molecular formula is C12H13N3O4S. The molecule has 8 heteroatoms. The smallest absolute Gasteiger partial charge is 0.348 e. The van der Waals surface area contributed by atoms with E-state index in [4.69, 9.17) is 9.84 Å². The molecule has 0 aliphatic carbocycles. The van der Waals surface area contributed by atoms with Gasteiger partial charge in [-0.3, -0.25) is 4.79 Å². The number of rotatable bonds is 6. The highest BCUT2D eigenvalue weighted by Gasteiger charge is 2.15. The second kappa shape index (κ2) is 6.40. The van der Waals surface area contributed by atoms with Crippen molar-refractivity contribution < 1.29 is 14.6 Å². The Morgan fingerprint density at radius 2 is 2.25 bits per heavy atom. The fraction of sp³-hybridized carbons (Fsp3) is 0.250. The number of hydrogen-bond donors (Lipinski definition) is 2. The van der Waals surface area contributed by atoms with Crippen LogP contribution in [0.4, 0.5) is 0 Å². The molecule has 1 aromatic carbocycles. The minimum atomic E-state index is -0.970. The number of methoxy groups -OCH3 is 1. The monoisotopic (exact) mass is 295 g/mol. The molecule has 0 atom stereocenters. The average Bonchev–Trinajstić information content (AvgIpc) is 2.79. The summed E-state index contributed by atoms with van der Waals surface area (Å²) >= 11 is 0.978. The van der Waals surface area contributed by atoms with Gasteiger partial charge in [-0.2, -0.15) is 0 Å². The van der Waals surface area contributed by atoms with E-state index in [-0.39, 0.29) is 5.75 Å². The van der Waals surface area contributed by atoms with Crippen LogP contribution >= 0.6 is 11.8 Å². The summed E-state index contributed by atoms with van der Waals surface area (Å²) in [6.07, 6.45) is 0. The molecule has 0 aliphatic heterocycles. The van der Waals surface area contributed by atoms with E-state index in [1.165, 1.54) is 4.57 Å². The van der Waals surface area contributed by atoms with Gasteiger partial charge in [-0.25, -0.2) is 14.5 Å². The van der Waals surface area contributed by atoms with Crippen molar-refractivity contribution in [3.05, 3.63) is 40.3 Å². The molecule has 2 aromatic rings. The second-order valence-electron chi connectivity index (χ2n) is 3.89. The van der Waals surface area contributed by atoms with Gasteiger partial charge in [0.05, 0.1) is 18.0 Å². The lowest BCUT2D eigenvalue weighted by atomic mass is 10.2. The number of benzene rings is 1. The van der Waals surface area contributed by atoms with E-state index in [1.54, 1.807) is 19.2 Å². The molecule has 1 aromatic heterocycles. The number of thioether (sulfide) groups is 1. The zero-order chi connectivity index (χ0) is 14.5. The number of aliphatic carboxylic acids is 1. The highest BCUT2D eigenvalue weighted by Crippen LogP contribution is 2.20. The quantitative estimate of drug-likeness (QED) is 0.768. The standard InChI is InChI=1S/C12H13N3O4S/c1-19-6-8-4-2-3-5-9(8)15-11(18)13-14-12(15)20-7-10(16)17/h2-5H,6-7H2,1H3,(H,13,18)(H,16,17). The van der Waals surface area contributed by atoms with Gasteiger partial charge in [0.2, 0.25) is 0 Å². The Kier molecular flexibility index (Phi) is 4.59. The highest BCUT2D eigenvalue weighted by atomic mass is 32.2. The van der Waals surface area contributed by atoms with Gasteiger partial charge < -0.3 is 9.84 Å². The molecule has 2 N–H and O–H groups in total. The first kappa shape index (κ1) is 14.4. The Morgan fingerprint density at radius 3 is 2.95 bits per heavy atom. The molecule has 106 valence electrons. The van der Waals surface area contributed by atoms with Crippen LogP contribution in [-0.4, -0.2) is 38.7 Å². The molecule has 0 aliphatic rings. The lowest BCUT2D eigenvalue weighted by Gasteiger charge is -2.10. The van der Waals surface area contributed by atoms with E-state index in [2.05, 4.69) is 10.2 Å². The fourth-order valence-electron chi connectivity index (χ4n) is 1.72. The van der Waals surface area contributed by atoms with Gasteiger partial charge in [-0.15, -0.1) is 5.10 Å². The van der Waals surface area contributed by atoms with Crippen LogP contribution in [0.15, 0.2) is 34.2 Å². The maximum Gasteiger partial charge on any atom is 0.348 e. The summed E-state index contributed by atoms with van der Waals surface area (Å²) in [6, 6.07) is 7.23. The molecule has 1 heterocycles. The average molecular weight is 295 g/mol. The number of aromatic nitrogens is 3. The van der Waals surface area contributed by atoms with Gasteiger partial charge in [0.1, 0.15) is 0 Å². The fourth-order valence-corrected chi connectivity index (χ4v) is 2.40. The number of aromatic amines is 1. The number of carbonyl (C=O) groups is 1. The topological polar surface area (TPSA) is 97.2 Å². The van der Waals surface area contributed by atoms with Crippen molar-refractivity contribution in [3.63, 3.8) is 0 Å². The second-order valence-corrected chi connectivity index (χ2v) is 4.83. The lowest BCUT2D eigenvalue weighted by Crippen LogP contribution is -2.17. The largest absolute Gasteiger partial charge is 0.481 e. The van der Waals surface area contributed by atoms with Gasteiger partial charge in [-0.1, -0.05) is 30.0 Å². The van der Waals surface area contributed by atoms with Crippen molar-refractivity contribution >= 4 is 17.7 Å². The van der Waals surface area contributed by atoms with E-state index < -0.39 is 11.7 Å². The number of nitrogens with zero attached hydrogens (tertiary/aromatic N) is 2. The molecule has 0 saturated carbocycles. The zero-order valence-corrected chi connectivity index (χ0v) is 11.5. The predicted octanol–water partition coefficient (Wildman–Crippen LogP) is 0.884. The number of ether oxygens (including phenoxy) is 1. The van der Waals surface area contributed by atoms with Crippen LogP contribution in [0.1, 0.15) is 5.56 Å².